The molecule has 0 amide bonds. The number of carbonyl (C=O) groups excluding carboxylic acids is 3. The zero-order valence-corrected chi connectivity index (χ0v) is 24.2. The molecule has 0 bridgehead atoms. The first kappa shape index (κ1) is 28.4. The first-order valence-corrected chi connectivity index (χ1v) is 15.0. The average Bonchev–Trinajstić information content (AvgIpc) is 3.22. The Morgan fingerprint density at radius 1 is 1.05 bits per heavy atom. The van der Waals surface area contributed by atoms with E-state index in [1.54, 1.807) is 6.92 Å². The van der Waals surface area contributed by atoms with E-state index in [0.717, 1.165) is 51.4 Å². The summed E-state index contributed by atoms with van der Waals surface area (Å²) in [6, 6.07) is 0. The smallest absolute Gasteiger partial charge is 0.469 e. The number of ether oxygens (including phenoxy) is 3. The van der Waals surface area contributed by atoms with E-state index in [-0.39, 0.29) is 40.7 Å². The molecule has 0 aromatic heterocycles. The Morgan fingerprint density at radius 3 is 2.43 bits per heavy atom. The minimum Gasteiger partial charge on any atom is -0.469 e. The monoisotopic (exact) mass is 518 g/mol. The standard InChI is InChI=1S/C31H50O6/c1-8-21-24-17-20(37-29(34)36-9-2)14-15-30(24,5)25-16-19(4)31(6)22(18(3)10-13-26(32)35-7)11-12-23(31)27(25)28(21)33/h18-25,27H,8-17H2,1-7H3/t18-,19+,20-,21-,22-,23?,24+,25?,27?,30+,31-/m1/s1. The van der Waals surface area contributed by atoms with E-state index in [1.807, 2.05) is 0 Å². The van der Waals surface area contributed by atoms with Gasteiger partial charge in [-0.25, -0.2) is 4.79 Å². The number of hydrogen-bond acceptors (Lipinski definition) is 6. The second-order valence-electron chi connectivity index (χ2n) is 13.2. The van der Waals surface area contributed by atoms with Gasteiger partial charge in [0, 0.05) is 18.3 Å². The molecule has 0 heterocycles. The number of rotatable bonds is 7. The van der Waals surface area contributed by atoms with E-state index in [9.17, 15) is 14.4 Å². The molecule has 11 atom stereocenters. The number of carbonyl (C=O) groups is 3. The Bertz CT molecular complexity index is 870. The van der Waals surface area contributed by atoms with E-state index >= 15 is 0 Å². The van der Waals surface area contributed by atoms with E-state index < -0.39 is 6.16 Å². The number of methoxy groups -OCH3 is 1. The third-order valence-electron chi connectivity index (χ3n) is 12.0. The van der Waals surface area contributed by atoms with Crippen LogP contribution in [0.15, 0.2) is 0 Å². The van der Waals surface area contributed by atoms with Crippen LogP contribution in [0, 0.1) is 58.2 Å². The van der Waals surface area contributed by atoms with Gasteiger partial charge in [0.05, 0.1) is 13.7 Å². The normalized spacial score (nSPS) is 43.7. The molecule has 4 fully saturated rings. The van der Waals surface area contributed by atoms with Gasteiger partial charge in [0.25, 0.3) is 0 Å². The highest BCUT2D eigenvalue weighted by molar-refractivity contribution is 5.86. The van der Waals surface area contributed by atoms with Gasteiger partial charge in [-0.2, -0.15) is 0 Å². The molecular weight excluding hydrogens is 468 g/mol. The van der Waals surface area contributed by atoms with Crippen molar-refractivity contribution in [2.45, 2.75) is 105 Å². The number of ketones is 1. The quantitative estimate of drug-likeness (QED) is 0.343. The summed E-state index contributed by atoms with van der Waals surface area (Å²) in [6.07, 6.45) is 7.43. The molecule has 4 rings (SSSR count). The lowest BCUT2D eigenvalue weighted by atomic mass is 9.40. The van der Waals surface area contributed by atoms with E-state index in [0.29, 0.717) is 48.4 Å². The third-order valence-corrected chi connectivity index (χ3v) is 12.0. The van der Waals surface area contributed by atoms with Crippen molar-refractivity contribution in [1.82, 2.24) is 0 Å². The van der Waals surface area contributed by atoms with Crippen molar-refractivity contribution in [2.24, 2.45) is 58.2 Å². The predicted molar refractivity (Wildman–Crippen MR) is 142 cm³/mol. The Balaban J connectivity index is 1.58. The number of fused-ring (bicyclic) bond motifs is 5. The van der Waals surface area contributed by atoms with E-state index in [1.165, 1.54) is 7.11 Å². The average molecular weight is 519 g/mol. The lowest BCUT2D eigenvalue weighted by Crippen LogP contribution is -2.62. The predicted octanol–water partition coefficient (Wildman–Crippen LogP) is 6.84. The van der Waals surface area contributed by atoms with Crippen LogP contribution in [0.1, 0.15) is 99.3 Å². The topological polar surface area (TPSA) is 78.9 Å². The number of esters is 1. The van der Waals surface area contributed by atoms with Crippen molar-refractivity contribution in [2.75, 3.05) is 13.7 Å². The van der Waals surface area contributed by atoms with Crippen molar-refractivity contribution in [3.8, 4) is 0 Å². The van der Waals surface area contributed by atoms with Crippen molar-refractivity contribution >= 4 is 17.9 Å². The molecule has 0 N–H and O–H groups in total. The minimum absolute atomic E-state index is 0.0355. The molecule has 4 saturated carbocycles. The summed E-state index contributed by atoms with van der Waals surface area (Å²) in [5.41, 5.74) is 0.218. The summed E-state index contributed by atoms with van der Waals surface area (Å²) in [7, 11) is 1.46. The highest BCUT2D eigenvalue weighted by Gasteiger charge is 2.67. The Morgan fingerprint density at radius 2 is 1.78 bits per heavy atom. The van der Waals surface area contributed by atoms with Gasteiger partial charge in [-0.15, -0.1) is 0 Å². The van der Waals surface area contributed by atoms with Gasteiger partial charge in [0.1, 0.15) is 11.9 Å². The first-order valence-electron chi connectivity index (χ1n) is 15.0. The fourth-order valence-corrected chi connectivity index (χ4v) is 9.98. The molecule has 0 aromatic rings. The van der Waals surface area contributed by atoms with Crippen LogP contribution >= 0.6 is 0 Å². The van der Waals surface area contributed by atoms with Crippen molar-refractivity contribution < 1.29 is 28.6 Å². The molecule has 6 nitrogen and oxygen atoms in total. The number of Topliss-reactive ketones (excluding diaryl/α,β-unsaturated/α-hetero) is 1. The maximum Gasteiger partial charge on any atom is 0.508 e. The summed E-state index contributed by atoms with van der Waals surface area (Å²) in [4.78, 5) is 38.2. The van der Waals surface area contributed by atoms with Gasteiger partial charge in [0.2, 0.25) is 0 Å². The fourth-order valence-electron chi connectivity index (χ4n) is 9.98. The molecule has 0 radical (unpaired) electrons. The first-order chi connectivity index (χ1) is 17.5. The molecule has 37 heavy (non-hydrogen) atoms. The van der Waals surface area contributed by atoms with Crippen LogP contribution in [-0.4, -0.2) is 37.7 Å². The van der Waals surface area contributed by atoms with Crippen molar-refractivity contribution in [3.63, 3.8) is 0 Å². The van der Waals surface area contributed by atoms with Crippen LogP contribution in [0.2, 0.25) is 0 Å². The lowest BCUT2D eigenvalue weighted by molar-refractivity contribution is -0.181. The zero-order valence-electron chi connectivity index (χ0n) is 24.2. The van der Waals surface area contributed by atoms with Gasteiger partial charge in [0.15, 0.2) is 0 Å². The maximum absolute atomic E-state index is 14.3. The minimum atomic E-state index is -0.579. The summed E-state index contributed by atoms with van der Waals surface area (Å²) >= 11 is 0. The van der Waals surface area contributed by atoms with Crippen LogP contribution in [-0.2, 0) is 23.8 Å². The highest BCUT2D eigenvalue weighted by Crippen LogP contribution is 2.70. The zero-order chi connectivity index (χ0) is 27.1. The summed E-state index contributed by atoms with van der Waals surface area (Å²) < 4.78 is 15.6. The third kappa shape index (κ3) is 4.73. The number of hydrogen-bond donors (Lipinski definition) is 0. The van der Waals surface area contributed by atoms with Crippen LogP contribution in [0.25, 0.3) is 0 Å². The maximum atomic E-state index is 14.3. The highest BCUT2D eigenvalue weighted by atomic mass is 16.7. The molecule has 0 aliphatic heterocycles. The molecule has 3 unspecified atom stereocenters. The van der Waals surface area contributed by atoms with Gasteiger partial charge >= 0.3 is 12.1 Å². The molecule has 4 aliphatic rings. The fraction of sp³-hybridized carbons (Fsp3) is 0.903. The lowest BCUT2D eigenvalue weighted by Gasteiger charge is -2.64. The summed E-state index contributed by atoms with van der Waals surface area (Å²) in [6.45, 7) is 13.9. The molecule has 0 spiro atoms. The molecule has 6 heteroatoms. The Kier molecular flexibility index (Phi) is 8.36. The SMILES string of the molecule is CCOC(=O)O[C@@H]1CC[C@]2(C)C3C[C@H](C)[C@@]4(C)C(CC[C@@H]4[C@H](C)CCC(=O)OC)C3C(=O)[C@H](CC)[C@@H]2C1. The van der Waals surface area contributed by atoms with Crippen LogP contribution in [0.3, 0.4) is 0 Å². The summed E-state index contributed by atoms with van der Waals surface area (Å²) in [5, 5.41) is 0. The van der Waals surface area contributed by atoms with Gasteiger partial charge in [-0.3, -0.25) is 9.59 Å². The Hall–Kier alpha value is -1.59. The Labute approximate surface area is 223 Å². The van der Waals surface area contributed by atoms with Crippen LogP contribution < -0.4 is 0 Å². The van der Waals surface area contributed by atoms with E-state index in [2.05, 4.69) is 34.6 Å². The van der Waals surface area contributed by atoms with Gasteiger partial charge in [-0.05, 0) is 105 Å². The largest absolute Gasteiger partial charge is 0.508 e. The van der Waals surface area contributed by atoms with Crippen molar-refractivity contribution in [3.05, 3.63) is 0 Å². The second kappa shape index (κ2) is 10.9. The van der Waals surface area contributed by atoms with Crippen molar-refractivity contribution in [1.29, 1.82) is 0 Å². The van der Waals surface area contributed by atoms with Gasteiger partial charge in [-0.1, -0.05) is 34.6 Å². The second-order valence-corrected chi connectivity index (χ2v) is 13.2. The molecule has 0 saturated heterocycles. The summed E-state index contributed by atoms with van der Waals surface area (Å²) in [5.74, 6) is 3.10. The van der Waals surface area contributed by atoms with Gasteiger partial charge < -0.3 is 14.2 Å². The molecule has 4 aliphatic carbocycles. The molecule has 210 valence electrons. The van der Waals surface area contributed by atoms with E-state index in [4.69, 9.17) is 14.2 Å². The van der Waals surface area contributed by atoms with Crippen LogP contribution in [0.5, 0.6) is 0 Å². The molecule has 0 aromatic carbocycles. The molecular formula is C31H50O6. The van der Waals surface area contributed by atoms with Crippen LogP contribution in [0.4, 0.5) is 4.79 Å².